The minimum Gasteiger partial charge on any atom is -0.482 e. The number of imide groups is 2. The Balaban J connectivity index is 1.50. The summed E-state index contributed by atoms with van der Waals surface area (Å²) in [7, 11) is 0. The zero-order valence-corrected chi connectivity index (χ0v) is 22.2. The Hall–Kier alpha value is -4.14. The highest BCUT2D eigenvalue weighted by Gasteiger charge is 2.37. The molecule has 1 heterocycles. The Morgan fingerprint density at radius 1 is 1.00 bits per heavy atom. The van der Waals surface area contributed by atoms with E-state index in [0.717, 1.165) is 16.0 Å². The van der Waals surface area contributed by atoms with E-state index in [1.807, 2.05) is 26.0 Å². The van der Waals surface area contributed by atoms with Gasteiger partial charge in [0.15, 0.2) is 6.61 Å². The van der Waals surface area contributed by atoms with Gasteiger partial charge in [-0.15, -0.1) is 0 Å². The molecule has 0 aromatic heterocycles. The summed E-state index contributed by atoms with van der Waals surface area (Å²) in [6.07, 6.45) is 1.32. The standard InChI is InChI=1S/C28H23Cl2N3O5/c1-15-5-4-6-22(17(15)3)31-25(34)14-38-24-10-8-18(12-21(24)30)11-20-26(35)32-28(37)33(27(20)36)23-13-19(29)9-7-16(23)2/h4-13H,14H2,1-3H3,(H,31,34)(H,32,35,37)/b20-11+. The molecule has 1 aliphatic heterocycles. The highest BCUT2D eigenvalue weighted by atomic mass is 35.5. The Morgan fingerprint density at radius 3 is 2.50 bits per heavy atom. The fourth-order valence-corrected chi connectivity index (χ4v) is 4.22. The number of halogens is 2. The van der Waals surface area contributed by atoms with E-state index >= 15 is 0 Å². The second-order valence-electron chi connectivity index (χ2n) is 8.66. The fraction of sp³-hybridized carbons (Fsp3) is 0.143. The monoisotopic (exact) mass is 551 g/mol. The highest BCUT2D eigenvalue weighted by molar-refractivity contribution is 6.40. The lowest BCUT2D eigenvalue weighted by Crippen LogP contribution is -2.54. The van der Waals surface area contributed by atoms with E-state index in [1.54, 1.807) is 31.2 Å². The first-order chi connectivity index (χ1) is 18.0. The third kappa shape index (κ3) is 5.72. The molecule has 0 unspecified atom stereocenters. The molecule has 4 rings (SSSR count). The van der Waals surface area contributed by atoms with Crippen LogP contribution < -0.4 is 20.3 Å². The van der Waals surface area contributed by atoms with Crippen LogP contribution >= 0.6 is 23.2 Å². The van der Waals surface area contributed by atoms with Crippen LogP contribution in [-0.4, -0.2) is 30.4 Å². The van der Waals surface area contributed by atoms with E-state index in [2.05, 4.69) is 10.6 Å². The van der Waals surface area contributed by atoms with Crippen molar-refractivity contribution in [1.82, 2.24) is 5.32 Å². The number of barbiturate groups is 1. The van der Waals surface area contributed by atoms with Crippen molar-refractivity contribution >= 4 is 64.4 Å². The SMILES string of the molecule is Cc1ccc(Cl)cc1N1C(=O)NC(=O)/C(=C\c2ccc(OCC(=O)Nc3cccc(C)c3C)c(Cl)c2)C1=O. The smallest absolute Gasteiger partial charge is 0.335 e. The molecular formula is C28H23Cl2N3O5. The molecule has 1 fully saturated rings. The van der Waals surface area contributed by atoms with Crippen LogP contribution in [0.5, 0.6) is 5.75 Å². The van der Waals surface area contributed by atoms with Crippen molar-refractivity contribution in [2.75, 3.05) is 16.8 Å². The summed E-state index contributed by atoms with van der Waals surface area (Å²) in [5.41, 5.74) is 3.75. The topological polar surface area (TPSA) is 105 Å². The molecule has 3 aromatic carbocycles. The van der Waals surface area contributed by atoms with Crippen LogP contribution in [0.1, 0.15) is 22.3 Å². The van der Waals surface area contributed by atoms with Crippen LogP contribution in [0, 0.1) is 20.8 Å². The Kier molecular flexibility index (Phi) is 7.85. The lowest BCUT2D eigenvalue weighted by atomic mass is 10.1. The van der Waals surface area contributed by atoms with Gasteiger partial charge in [0.05, 0.1) is 10.7 Å². The number of nitrogens with one attached hydrogen (secondary N) is 2. The zero-order valence-electron chi connectivity index (χ0n) is 20.7. The van der Waals surface area contributed by atoms with Gasteiger partial charge in [0, 0.05) is 10.7 Å². The van der Waals surface area contributed by atoms with E-state index in [-0.39, 0.29) is 34.5 Å². The molecule has 194 valence electrons. The Labute approximate surface area is 229 Å². The van der Waals surface area contributed by atoms with Crippen LogP contribution in [0.2, 0.25) is 10.0 Å². The van der Waals surface area contributed by atoms with Crippen LogP contribution in [0.25, 0.3) is 6.08 Å². The number of rotatable bonds is 6. The summed E-state index contributed by atoms with van der Waals surface area (Å²) in [4.78, 5) is 51.4. The summed E-state index contributed by atoms with van der Waals surface area (Å²) >= 11 is 12.4. The molecule has 2 N–H and O–H groups in total. The molecule has 0 atom stereocenters. The maximum atomic E-state index is 13.2. The zero-order chi connectivity index (χ0) is 27.6. The van der Waals surface area contributed by atoms with Gasteiger partial charge in [-0.1, -0.05) is 47.5 Å². The lowest BCUT2D eigenvalue weighted by Gasteiger charge is -2.27. The normalized spacial score (nSPS) is 14.5. The number of aryl methyl sites for hydroxylation is 2. The molecule has 3 aromatic rings. The molecule has 0 bridgehead atoms. The van der Waals surface area contributed by atoms with E-state index in [9.17, 15) is 19.2 Å². The number of hydrogen-bond acceptors (Lipinski definition) is 5. The lowest BCUT2D eigenvalue weighted by molar-refractivity contribution is -0.122. The predicted molar refractivity (Wildman–Crippen MR) is 147 cm³/mol. The van der Waals surface area contributed by atoms with Gasteiger partial charge in [0.25, 0.3) is 17.7 Å². The maximum absolute atomic E-state index is 13.2. The van der Waals surface area contributed by atoms with E-state index < -0.39 is 17.8 Å². The number of amides is 5. The first-order valence-electron chi connectivity index (χ1n) is 11.5. The number of nitrogens with zero attached hydrogens (tertiary/aromatic N) is 1. The first-order valence-corrected chi connectivity index (χ1v) is 12.3. The third-order valence-corrected chi connectivity index (χ3v) is 6.55. The van der Waals surface area contributed by atoms with Gasteiger partial charge in [-0.05, 0) is 79.4 Å². The molecule has 0 saturated carbocycles. The quantitative estimate of drug-likeness (QED) is 0.306. The molecule has 5 amide bonds. The summed E-state index contributed by atoms with van der Waals surface area (Å²) < 4.78 is 5.57. The molecule has 0 radical (unpaired) electrons. The van der Waals surface area contributed by atoms with Gasteiger partial charge >= 0.3 is 6.03 Å². The molecule has 1 aliphatic rings. The largest absolute Gasteiger partial charge is 0.482 e. The van der Waals surface area contributed by atoms with E-state index in [1.165, 1.54) is 24.3 Å². The molecule has 38 heavy (non-hydrogen) atoms. The van der Waals surface area contributed by atoms with Gasteiger partial charge < -0.3 is 10.1 Å². The number of ether oxygens (including phenoxy) is 1. The number of carbonyl (C=O) groups is 4. The average molecular weight is 552 g/mol. The Morgan fingerprint density at radius 2 is 1.76 bits per heavy atom. The average Bonchev–Trinajstić information content (AvgIpc) is 2.86. The van der Waals surface area contributed by atoms with Gasteiger partial charge in [0.1, 0.15) is 11.3 Å². The number of benzene rings is 3. The van der Waals surface area contributed by atoms with Crippen molar-refractivity contribution in [3.8, 4) is 5.75 Å². The minimum atomic E-state index is -0.872. The van der Waals surface area contributed by atoms with Gasteiger partial charge in [-0.25, -0.2) is 9.69 Å². The van der Waals surface area contributed by atoms with Crippen molar-refractivity contribution in [2.45, 2.75) is 20.8 Å². The summed E-state index contributed by atoms with van der Waals surface area (Å²) in [5, 5.41) is 5.48. The molecule has 8 nitrogen and oxygen atoms in total. The first kappa shape index (κ1) is 26.9. The Bertz CT molecular complexity index is 1520. The second-order valence-corrected chi connectivity index (χ2v) is 9.51. The van der Waals surface area contributed by atoms with Crippen LogP contribution in [0.4, 0.5) is 16.2 Å². The van der Waals surface area contributed by atoms with Crippen LogP contribution in [0.15, 0.2) is 60.2 Å². The fourth-order valence-electron chi connectivity index (χ4n) is 3.81. The van der Waals surface area contributed by atoms with E-state index in [0.29, 0.717) is 21.8 Å². The molecule has 0 aliphatic carbocycles. The molecular weight excluding hydrogens is 529 g/mol. The van der Waals surface area contributed by atoms with Crippen LogP contribution in [-0.2, 0) is 14.4 Å². The number of anilines is 2. The van der Waals surface area contributed by atoms with Crippen molar-refractivity contribution in [2.24, 2.45) is 0 Å². The summed E-state index contributed by atoms with van der Waals surface area (Å²) in [5.74, 6) is -1.75. The maximum Gasteiger partial charge on any atom is 0.335 e. The van der Waals surface area contributed by atoms with Crippen molar-refractivity contribution in [1.29, 1.82) is 0 Å². The van der Waals surface area contributed by atoms with Gasteiger partial charge in [-0.3, -0.25) is 19.7 Å². The van der Waals surface area contributed by atoms with Crippen LogP contribution in [0.3, 0.4) is 0 Å². The number of hydrogen-bond donors (Lipinski definition) is 2. The van der Waals surface area contributed by atoms with Crippen molar-refractivity contribution < 1.29 is 23.9 Å². The molecule has 0 spiro atoms. The third-order valence-electron chi connectivity index (χ3n) is 6.02. The second kappa shape index (κ2) is 11.1. The summed E-state index contributed by atoms with van der Waals surface area (Å²) in [6.45, 7) is 5.31. The molecule has 10 heteroatoms. The van der Waals surface area contributed by atoms with E-state index in [4.69, 9.17) is 27.9 Å². The highest BCUT2D eigenvalue weighted by Crippen LogP contribution is 2.30. The predicted octanol–water partition coefficient (Wildman–Crippen LogP) is 5.60. The number of carbonyl (C=O) groups excluding carboxylic acids is 4. The van der Waals surface area contributed by atoms with Gasteiger partial charge in [0.2, 0.25) is 0 Å². The van der Waals surface area contributed by atoms with Gasteiger partial charge in [-0.2, -0.15) is 0 Å². The van der Waals surface area contributed by atoms with Crippen molar-refractivity contribution in [3.63, 3.8) is 0 Å². The number of urea groups is 1. The van der Waals surface area contributed by atoms with Crippen molar-refractivity contribution in [3.05, 3.63) is 92.5 Å². The summed E-state index contributed by atoms with van der Waals surface area (Å²) in [6, 6.07) is 14.1. The minimum absolute atomic E-state index is 0.168. The molecule has 1 saturated heterocycles.